The maximum absolute atomic E-state index is 9.31. The van der Waals surface area contributed by atoms with Gasteiger partial charge in [-0.2, -0.15) is 5.26 Å². The zero-order valence-electron chi connectivity index (χ0n) is 10.4. The highest BCUT2D eigenvalue weighted by atomic mass is 15.2. The predicted molar refractivity (Wildman–Crippen MR) is 72.5 cm³/mol. The Bertz CT molecular complexity index is 627. The van der Waals surface area contributed by atoms with Gasteiger partial charge in [0.05, 0.1) is 11.1 Å². The Morgan fingerprint density at radius 2 is 2.22 bits per heavy atom. The largest absolute Gasteiger partial charge is 0.353 e. The number of pyridine rings is 1. The summed E-state index contributed by atoms with van der Waals surface area (Å²) < 4.78 is 0. The van der Waals surface area contributed by atoms with Crippen molar-refractivity contribution in [2.45, 2.75) is 25.8 Å². The zero-order chi connectivity index (χ0) is 12.5. The number of aromatic nitrogens is 1. The lowest BCUT2D eigenvalue weighted by atomic mass is 10.1. The summed E-state index contributed by atoms with van der Waals surface area (Å²) in [4.78, 5) is 6.94. The normalized spacial score (nSPS) is 19.1. The number of hydrogen-bond donors (Lipinski definition) is 0. The van der Waals surface area contributed by atoms with E-state index in [4.69, 9.17) is 0 Å². The molecule has 1 aliphatic heterocycles. The minimum atomic E-state index is 0.478. The molecule has 90 valence electrons. The first-order valence-corrected chi connectivity index (χ1v) is 6.36. The second-order valence-electron chi connectivity index (χ2n) is 4.85. The number of anilines is 1. The standard InChI is InChI=1S/C15H15N3/c1-11-5-4-8-18(11)15-13(10-16)9-12-6-2-3-7-14(12)17-15/h2-3,6-7,9,11H,4-5,8H2,1H3. The topological polar surface area (TPSA) is 39.9 Å². The maximum Gasteiger partial charge on any atom is 0.147 e. The Morgan fingerprint density at radius 1 is 1.39 bits per heavy atom. The van der Waals surface area contributed by atoms with Crippen LogP contribution in [0.15, 0.2) is 30.3 Å². The Kier molecular flexibility index (Phi) is 2.64. The Morgan fingerprint density at radius 3 is 2.94 bits per heavy atom. The van der Waals surface area contributed by atoms with Crippen molar-refractivity contribution < 1.29 is 0 Å². The van der Waals surface area contributed by atoms with Gasteiger partial charge in [0, 0.05) is 18.0 Å². The van der Waals surface area contributed by atoms with E-state index in [1.54, 1.807) is 0 Å². The van der Waals surface area contributed by atoms with Crippen molar-refractivity contribution in [1.29, 1.82) is 5.26 Å². The highest BCUT2D eigenvalue weighted by molar-refractivity contribution is 5.83. The van der Waals surface area contributed by atoms with Gasteiger partial charge >= 0.3 is 0 Å². The van der Waals surface area contributed by atoms with Crippen LogP contribution in [0, 0.1) is 11.3 Å². The van der Waals surface area contributed by atoms with Crippen LogP contribution in [-0.2, 0) is 0 Å². The maximum atomic E-state index is 9.31. The highest BCUT2D eigenvalue weighted by Gasteiger charge is 2.24. The first kappa shape index (κ1) is 11.0. The SMILES string of the molecule is CC1CCCN1c1nc2ccccc2cc1C#N. The molecule has 0 radical (unpaired) electrons. The molecule has 1 atom stereocenters. The van der Waals surface area contributed by atoms with Gasteiger partial charge in [0.1, 0.15) is 11.9 Å². The van der Waals surface area contributed by atoms with Gasteiger partial charge in [0.2, 0.25) is 0 Å². The minimum Gasteiger partial charge on any atom is -0.353 e. The first-order chi connectivity index (χ1) is 8.79. The third-order valence-corrected chi connectivity index (χ3v) is 3.65. The summed E-state index contributed by atoms with van der Waals surface area (Å²) in [6.07, 6.45) is 2.36. The van der Waals surface area contributed by atoms with Gasteiger partial charge in [-0.3, -0.25) is 0 Å². The van der Waals surface area contributed by atoms with Gasteiger partial charge in [0.15, 0.2) is 0 Å². The number of hydrogen-bond acceptors (Lipinski definition) is 3. The molecule has 3 rings (SSSR count). The molecule has 18 heavy (non-hydrogen) atoms. The van der Waals surface area contributed by atoms with Crippen molar-refractivity contribution in [1.82, 2.24) is 4.98 Å². The molecule has 0 amide bonds. The zero-order valence-corrected chi connectivity index (χ0v) is 10.4. The average molecular weight is 237 g/mol. The van der Waals surface area contributed by atoms with Crippen molar-refractivity contribution >= 4 is 16.7 Å². The van der Waals surface area contributed by atoms with Crippen molar-refractivity contribution in [3.63, 3.8) is 0 Å². The summed E-state index contributed by atoms with van der Waals surface area (Å²) >= 11 is 0. The monoisotopic (exact) mass is 237 g/mol. The molecule has 0 aliphatic carbocycles. The predicted octanol–water partition coefficient (Wildman–Crippen LogP) is 3.10. The van der Waals surface area contributed by atoms with Crippen LogP contribution in [0.2, 0.25) is 0 Å². The van der Waals surface area contributed by atoms with E-state index < -0.39 is 0 Å². The van der Waals surface area contributed by atoms with Crippen molar-refractivity contribution in [3.05, 3.63) is 35.9 Å². The van der Waals surface area contributed by atoms with Crippen LogP contribution in [0.1, 0.15) is 25.3 Å². The van der Waals surface area contributed by atoms with E-state index in [1.165, 1.54) is 12.8 Å². The fraction of sp³-hybridized carbons (Fsp3) is 0.333. The molecule has 0 N–H and O–H groups in total. The van der Waals surface area contributed by atoms with Crippen LogP contribution in [0.25, 0.3) is 10.9 Å². The number of rotatable bonds is 1. The van der Waals surface area contributed by atoms with Gasteiger partial charge in [0.25, 0.3) is 0 Å². The molecular formula is C15H15N3. The average Bonchev–Trinajstić information content (AvgIpc) is 2.83. The lowest BCUT2D eigenvalue weighted by Crippen LogP contribution is -2.28. The van der Waals surface area contributed by atoms with Gasteiger partial charge in [-0.15, -0.1) is 0 Å². The molecule has 0 bridgehead atoms. The molecule has 0 spiro atoms. The van der Waals surface area contributed by atoms with Crippen LogP contribution < -0.4 is 4.90 Å². The molecule has 2 heterocycles. The first-order valence-electron chi connectivity index (χ1n) is 6.36. The Labute approximate surface area is 107 Å². The number of nitrogens with zero attached hydrogens (tertiary/aromatic N) is 3. The third-order valence-electron chi connectivity index (χ3n) is 3.65. The minimum absolute atomic E-state index is 0.478. The van der Waals surface area contributed by atoms with Crippen molar-refractivity contribution in [2.24, 2.45) is 0 Å². The van der Waals surface area contributed by atoms with E-state index in [2.05, 4.69) is 22.9 Å². The second-order valence-corrected chi connectivity index (χ2v) is 4.85. The van der Waals surface area contributed by atoms with E-state index in [0.717, 1.165) is 23.3 Å². The summed E-state index contributed by atoms with van der Waals surface area (Å²) in [7, 11) is 0. The van der Waals surface area contributed by atoms with E-state index in [9.17, 15) is 5.26 Å². The molecule has 3 nitrogen and oxygen atoms in total. The molecule has 1 aliphatic rings. The number of nitriles is 1. The van der Waals surface area contributed by atoms with Gasteiger partial charge in [-0.25, -0.2) is 4.98 Å². The molecule has 1 aromatic carbocycles. The molecule has 1 aromatic heterocycles. The quantitative estimate of drug-likeness (QED) is 0.765. The fourth-order valence-electron chi connectivity index (χ4n) is 2.65. The van der Waals surface area contributed by atoms with E-state index in [1.807, 2.05) is 30.3 Å². The number of fused-ring (bicyclic) bond motifs is 1. The molecule has 0 saturated carbocycles. The van der Waals surface area contributed by atoms with Crippen LogP contribution in [0.5, 0.6) is 0 Å². The Hall–Kier alpha value is -2.08. The number of para-hydroxylation sites is 1. The van der Waals surface area contributed by atoms with Gasteiger partial charge < -0.3 is 4.90 Å². The van der Waals surface area contributed by atoms with Gasteiger partial charge in [-0.05, 0) is 31.9 Å². The van der Waals surface area contributed by atoms with Crippen molar-refractivity contribution in [2.75, 3.05) is 11.4 Å². The van der Waals surface area contributed by atoms with Crippen molar-refractivity contribution in [3.8, 4) is 6.07 Å². The molecular weight excluding hydrogens is 222 g/mol. The van der Waals surface area contributed by atoms with Crippen LogP contribution in [0.3, 0.4) is 0 Å². The summed E-state index contributed by atoms with van der Waals surface area (Å²) in [6, 6.07) is 12.7. The third kappa shape index (κ3) is 1.70. The van der Waals surface area contributed by atoms with Gasteiger partial charge in [-0.1, -0.05) is 18.2 Å². The highest BCUT2D eigenvalue weighted by Crippen LogP contribution is 2.28. The lowest BCUT2D eigenvalue weighted by Gasteiger charge is -2.23. The molecule has 3 heteroatoms. The van der Waals surface area contributed by atoms with Crippen LogP contribution >= 0.6 is 0 Å². The summed E-state index contributed by atoms with van der Waals surface area (Å²) in [5, 5.41) is 10.3. The molecule has 2 aromatic rings. The number of benzene rings is 1. The lowest BCUT2D eigenvalue weighted by molar-refractivity contribution is 0.728. The molecule has 1 fully saturated rings. The van der Waals surface area contributed by atoms with E-state index in [-0.39, 0.29) is 0 Å². The van der Waals surface area contributed by atoms with Crippen LogP contribution in [-0.4, -0.2) is 17.6 Å². The summed E-state index contributed by atoms with van der Waals surface area (Å²) in [5.41, 5.74) is 1.65. The molecule has 1 unspecified atom stereocenters. The second kappa shape index (κ2) is 4.30. The fourth-order valence-corrected chi connectivity index (χ4v) is 2.65. The van der Waals surface area contributed by atoms with E-state index in [0.29, 0.717) is 11.6 Å². The smallest absolute Gasteiger partial charge is 0.147 e. The summed E-state index contributed by atoms with van der Waals surface area (Å²) in [6.45, 7) is 3.20. The van der Waals surface area contributed by atoms with E-state index >= 15 is 0 Å². The van der Waals surface area contributed by atoms with Crippen LogP contribution in [0.4, 0.5) is 5.82 Å². The molecule has 1 saturated heterocycles. The summed E-state index contributed by atoms with van der Waals surface area (Å²) in [5.74, 6) is 0.848. The Balaban J connectivity index is 2.18.